The van der Waals surface area contributed by atoms with Crippen LogP contribution in [0, 0.1) is 5.92 Å². The van der Waals surface area contributed by atoms with Crippen LogP contribution in [0.5, 0.6) is 0 Å². The molecule has 4 nitrogen and oxygen atoms in total. The Balaban J connectivity index is 2.30. The Kier molecular flexibility index (Phi) is 4.21. The summed E-state index contributed by atoms with van der Waals surface area (Å²) in [6, 6.07) is 0. The smallest absolute Gasteiger partial charge is 0.147 e. The summed E-state index contributed by atoms with van der Waals surface area (Å²) in [4.78, 5) is 11.3. The van der Waals surface area contributed by atoms with Gasteiger partial charge in [-0.3, -0.25) is 4.79 Å². The van der Waals surface area contributed by atoms with Gasteiger partial charge in [-0.25, -0.2) is 12.8 Å². The number of ketones is 1. The van der Waals surface area contributed by atoms with E-state index in [0.717, 1.165) is 6.26 Å². The molecule has 1 aliphatic heterocycles. The Labute approximate surface area is 89.2 Å². The van der Waals surface area contributed by atoms with Gasteiger partial charge in [-0.15, -0.1) is 0 Å². The molecule has 0 unspecified atom stereocenters. The van der Waals surface area contributed by atoms with E-state index in [1.54, 1.807) is 0 Å². The van der Waals surface area contributed by atoms with E-state index in [1.165, 1.54) is 0 Å². The van der Waals surface area contributed by atoms with Crippen molar-refractivity contribution in [1.82, 2.24) is 5.32 Å². The highest BCUT2D eigenvalue weighted by Gasteiger charge is 2.28. The second-order valence-corrected chi connectivity index (χ2v) is 6.32. The lowest BCUT2D eigenvalue weighted by molar-refractivity contribution is -0.119. The van der Waals surface area contributed by atoms with Gasteiger partial charge in [0.05, 0.1) is 5.75 Å². The standard InChI is InChI=1S/C9H16FNO3S/c1-15(13,14)3-2-8(12)4-7-5-11-6-9(7)10/h7,9,11H,2-6H2,1H3/t7-,9-/m1/s1. The second-order valence-electron chi connectivity index (χ2n) is 4.06. The molecule has 0 aromatic heterocycles. The topological polar surface area (TPSA) is 63.2 Å². The van der Waals surface area contributed by atoms with Crippen molar-refractivity contribution < 1.29 is 17.6 Å². The van der Waals surface area contributed by atoms with Gasteiger partial charge in [0.25, 0.3) is 0 Å². The van der Waals surface area contributed by atoms with Crippen LogP contribution in [0.15, 0.2) is 0 Å². The van der Waals surface area contributed by atoms with Crippen molar-refractivity contribution in [1.29, 1.82) is 0 Å². The SMILES string of the molecule is CS(=O)(=O)CCC(=O)C[C@@H]1CNC[C@H]1F. The van der Waals surface area contributed by atoms with Gasteiger partial charge in [-0.2, -0.15) is 0 Å². The van der Waals surface area contributed by atoms with Crippen molar-refractivity contribution in [3.05, 3.63) is 0 Å². The van der Waals surface area contributed by atoms with E-state index in [0.29, 0.717) is 13.1 Å². The van der Waals surface area contributed by atoms with Crippen molar-refractivity contribution >= 4 is 15.6 Å². The molecule has 0 aliphatic carbocycles. The molecule has 1 saturated heterocycles. The molecule has 0 radical (unpaired) electrons. The summed E-state index contributed by atoms with van der Waals surface area (Å²) in [5, 5.41) is 2.85. The van der Waals surface area contributed by atoms with E-state index in [1.807, 2.05) is 0 Å². The largest absolute Gasteiger partial charge is 0.313 e. The Morgan fingerprint density at radius 3 is 2.60 bits per heavy atom. The quantitative estimate of drug-likeness (QED) is 0.727. The van der Waals surface area contributed by atoms with E-state index < -0.39 is 16.0 Å². The highest BCUT2D eigenvalue weighted by molar-refractivity contribution is 7.90. The number of halogens is 1. The molecular formula is C9H16FNO3S. The number of carbonyl (C=O) groups excluding carboxylic acids is 1. The van der Waals surface area contributed by atoms with Gasteiger partial charge in [0.2, 0.25) is 0 Å². The number of alkyl halides is 1. The lowest BCUT2D eigenvalue weighted by Crippen LogP contribution is -2.19. The molecule has 0 amide bonds. The summed E-state index contributed by atoms with van der Waals surface area (Å²) in [6.07, 6.45) is 0.258. The third-order valence-electron chi connectivity index (χ3n) is 2.50. The number of carbonyl (C=O) groups is 1. The maximum absolute atomic E-state index is 13.1. The Hall–Kier alpha value is -0.490. The maximum atomic E-state index is 13.1. The first-order chi connectivity index (χ1) is 6.88. The monoisotopic (exact) mass is 237 g/mol. The number of hydrogen-bond acceptors (Lipinski definition) is 4. The minimum absolute atomic E-state index is 0.00204. The van der Waals surface area contributed by atoms with Crippen molar-refractivity contribution in [3.8, 4) is 0 Å². The molecular weight excluding hydrogens is 221 g/mol. The van der Waals surface area contributed by atoms with Gasteiger partial charge >= 0.3 is 0 Å². The maximum Gasteiger partial charge on any atom is 0.147 e. The molecule has 0 spiro atoms. The zero-order valence-electron chi connectivity index (χ0n) is 8.70. The summed E-state index contributed by atoms with van der Waals surface area (Å²) in [5.74, 6) is -0.586. The van der Waals surface area contributed by atoms with E-state index in [2.05, 4.69) is 5.32 Å². The highest BCUT2D eigenvalue weighted by atomic mass is 32.2. The Morgan fingerprint density at radius 1 is 1.47 bits per heavy atom. The second kappa shape index (κ2) is 5.03. The third-order valence-corrected chi connectivity index (χ3v) is 3.44. The van der Waals surface area contributed by atoms with Crippen LogP contribution in [0.3, 0.4) is 0 Å². The van der Waals surface area contributed by atoms with Gasteiger partial charge in [0, 0.05) is 38.1 Å². The lowest BCUT2D eigenvalue weighted by atomic mass is 9.99. The molecule has 6 heteroatoms. The summed E-state index contributed by atoms with van der Waals surface area (Å²) in [7, 11) is -3.10. The average Bonchev–Trinajstić information content (AvgIpc) is 2.47. The number of hydrogen-bond donors (Lipinski definition) is 1. The Morgan fingerprint density at radius 2 is 2.13 bits per heavy atom. The first-order valence-corrected chi connectivity index (χ1v) is 6.99. The van der Waals surface area contributed by atoms with Gasteiger partial charge in [0.1, 0.15) is 21.8 Å². The van der Waals surface area contributed by atoms with Gasteiger partial charge in [0.15, 0.2) is 0 Å². The third kappa shape index (κ3) is 4.70. The molecule has 1 rings (SSSR count). The van der Waals surface area contributed by atoms with Crippen molar-refractivity contribution in [2.24, 2.45) is 5.92 Å². The lowest BCUT2D eigenvalue weighted by Gasteiger charge is -2.09. The fourth-order valence-corrected chi connectivity index (χ4v) is 2.19. The van der Waals surface area contributed by atoms with Crippen molar-refractivity contribution in [2.45, 2.75) is 19.0 Å². The zero-order valence-corrected chi connectivity index (χ0v) is 9.52. The van der Waals surface area contributed by atoms with E-state index >= 15 is 0 Å². The number of Topliss-reactive ketones (excluding diaryl/α,β-unsaturated/α-hetero) is 1. The number of rotatable bonds is 5. The summed E-state index contributed by atoms with van der Waals surface area (Å²) >= 11 is 0. The summed E-state index contributed by atoms with van der Waals surface area (Å²) in [5.41, 5.74) is 0. The molecule has 0 aromatic carbocycles. The molecule has 0 saturated carbocycles. The fourth-order valence-electron chi connectivity index (χ4n) is 1.59. The Bertz CT molecular complexity index is 328. The van der Waals surface area contributed by atoms with Crippen LogP contribution in [-0.2, 0) is 14.6 Å². The van der Waals surface area contributed by atoms with Crippen molar-refractivity contribution in [2.75, 3.05) is 25.1 Å². The normalized spacial score (nSPS) is 26.8. The molecule has 88 valence electrons. The van der Waals surface area contributed by atoms with E-state index in [9.17, 15) is 17.6 Å². The number of sulfone groups is 1. The number of nitrogens with one attached hydrogen (secondary N) is 1. The van der Waals surface area contributed by atoms with Crippen molar-refractivity contribution in [3.63, 3.8) is 0 Å². The van der Waals surface area contributed by atoms with E-state index in [-0.39, 0.29) is 30.3 Å². The average molecular weight is 237 g/mol. The fraction of sp³-hybridized carbons (Fsp3) is 0.889. The van der Waals surface area contributed by atoms with Crippen LogP contribution in [-0.4, -0.2) is 45.5 Å². The molecule has 1 heterocycles. The molecule has 1 aliphatic rings. The summed E-state index contributed by atoms with van der Waals surface area (Å²) < 4.78 is 34.7. The predicted octanol–water partition coefficient (Wildman–Crippen LogP) is -0.0622. The van der Waals surface area contributed by atoms with E-state index in [4.69, 9.17) is 0 Å². The van der Waals surface area contributed by atoms with Crippen LogP contribution < -0.4 is 5.32 Å². The first-order valence-electron chi connectivity index (χ1n) is 4.92. The van der Waals surface area contributed by atoms with Gasteiger partial charge < -0.3 is 5.32 Å². The van der Waals surface area contributed by atoms with Gasteiger partial charge in [-0.05, 0) is 0 Å². The summed E-state index contributed by atoms with van der Waals surface area (Å²) in [6.45, 7) is 0.801. The minimum atomic E-state index is -3.10. The predicted molar refractivity (Wildman–Crippen MR) is 55.2 cm³/mol. The highest BCUT2D eigenvalue weighted by Crippen LogP contribution is 2.17. The van der Waals surface area contributed by atoms with Crippen LogP contribution in [0.4, 0.5) is 4.39 Å². The van der Waals surface area contributed by atoms with Crippen LogP contribution >= 0.6 is 0 Å². The molecule has 0 aromatic rings. The minimum Gasteiger partial charge on any atom is -0.313 e. The molecule has 2 atom stereocenters. The molecule has 1 fully saturated rings. The van der Waals surface area contributed by atoms with Crippen LogP contribution in [0.2, 0.25) is 0 Å². The van der Waals surface area contributed by atoms with Crippen LogP contribution in [0.25, 0.3) is 0 Å². The van der Waals surface area contributed by atoms with Gasteiger partial charge in [-0.1, -0.05) is 0 Å². The zero-order chi connectivity index (χ0) is 11.5. The molecule has 15 heavy (non-hydrogen) atoms. The molecule has 1 N–H and O–H groups in total. The first kappa shape index (κ1) is 12.6. The molecule has 0 bridgehead atoms. The van der Waals surface area contributed by atoms with Crippen LogP contribution in [0.1, 0.15) is 12.8 Å².